The number of benzene rings is 1. The van der Waals surface area contributed by atoms with Gasteiger partial charge < -0.3 is 5.32 Å². The second-order valence-electron chi connectivity index (χ2n) is 5.85. The van der Waals surface area contributed by atoms with Gasteiger partial charge >= 0.3 is 0 Å². The highest BCUT2D eigenvalue weighted by molar-refractivity contribution is 5.17. The molecular formula is C15H22N2. The minimum Gasteiger partial charge on any atom is -0.311 e. The smallest absolute Gasteiger partial charge is 0.0233 e. The van der Waals surface area contributed by atoms with Gasteiger partial charge in [0.15, 0.2) is 0 Å². The summed E-state index contributed by atoms with van der Waals surface area (Å²) in [6.45, 7) is 8.18. The Morgan fingerprint density at radius 3 is 2.41 bits per heavy atom. The summed E-state index contributed by atoms with van der Waals surface area (Å²) in [6, 6.07) is 12.3. The SMILES string of the molecule is CC(C)NC1[C@H]2CN(Cc3ccccc3)C[C@@H]12. The van der Waals surface area contributed by atoms with E-state index in [1.807, 2.05) is 0 Å². The maximum Gasteiger partial charge on any atom is 0.0233 e. The zero-order valence-corrected chi connectivity index (χ0v) is 10.8. The van der Waals surface area contributed by atoms with E-state index in [1.54, 1.807) is 0 Å². The number of nitrogens with one attached hydrogen (secondary N) is 1. The van der Waals surface area contributed by atoms with E-state index in [0.717, 1.165) is 24.4 Å². The van der Waals surface area contributed by atoms with Gasteiger partial charge in [-0.3, -0.25) is 4.90 Å². The van der Waals surface area contributed by atoms with Crippen molar-refractivity contribution in [3.05, 3.63) is 35.9 Å². The molecule has 1 aromatic carbocycles. The molecule has 1 aromatic rings. The van der Waals surface area contributed by atoms with E-state index in [1.165, 1.54) is 18.7 Å². The number of hydrogen-bond donors (Lipinski definition) is 1. The number of nitrogens with zero attached hydrogens (tertiary/aromatic N) is 1. The van der Waals surface area contributed by atoms with Crippen LogP contribution in [0.3, 0.4) is 0 Å². The van der Waals surface area contributed by atoms with Crippen LogP contribution < -0.4 is 5.32 Å². The van der Waals surface area contributed by atoms with Crippen molar-refractivity contribution in [2.45, 2.75) is 32.5 Å². The monoisotopic (exact) mass is 230 g/mol. The Balaban J connectivity index is 1.49. The fraction of sp³-hybridized carbons (Fsp3) is 0.600. The summed E-state index contributed by atoms with van der Waals surface area (Å²) in [6.07, 6.45) is 0. The topological polar surface area (TPSA) is 15.3 Å². The Bertz CT molecular complexity index is 362. The normalized spacial score (nSPS) is 31.8. The summed E-state index contributed by atoms with van der Waals surface area (Å²) in [5.74, 6) is 1.84. The van der Waals surface area contributed by atoms with E-state index in [2.05, 4.69) is 54.4 Å². The third-order valence-electron chi connectivity index (χ3n) is 4.04. The summed E-state index contributed by atoms with van der Waals surface area (Å²) in [7, 11) is 0. The van der Waals surface area contributed by atoms with Gasteiger partial charge in [-0.2, -0.15) is 0 Å². The van der Waals surface area contributed by atoms with Crippen LogP contribution in [0.4, 0.5) is 0 Å². The molecule has 1 unspecified atom stereocenters. The van der Waals surface area contributed by atoms with Crippen molar-refractivity contribution in [1.29, 1.82) is 0 Å². The molecule has 3 rings (SSSR count). The molecule has 17 heavy (non-hydrogen) atoms. The van der Waals surface area contributed by atoms with Crippen LogP contribution >= 0.6 is 0 Å². The lowest BCUT2D eigenvalue weighted by atomic mass is 10.2. The van der Waals surface area contributed by atoms with Crippen molar-refractivity contribution >= 4 is 0 Å². The highest BCUT2D eigenvalue weighted by Gasteiger charge is 2.55. The standard InChI is InChI=1S/C15H22N2/c1-11(2)16-15-13-9-17(10-14(13)15)8-12-6-4-3-5-7-12/h3-7,11,13-16H,8-10H2,1-2H3/t13-,14+,15?. The van der Waals surface area contributed by atoms with Gasteiger partial charge in [-0.05, 0) is 17.4 Å². The number of fused-ring (bicyclic) bond motifs is 1. The van der Waals surface area contributed by atoms with Gasteiger partial charge in [0.1, 0.15) is 0 Å². The summed E-state index contributed by atoms with van der Waals surface area (Å²) < 4.78 is 0. The van der Waals surface area contributed by atoms with Crippen LogP contribution in [0, 0.1) is 11.8 Å². The maximum absolute atomic E-state index is 3.68. The molecule has 3 atom stereocenters. The van der Waals surface area contributed by atoms with Crippen molar-refractivity contribution in [2.75, 3.05) is 13.1 Å². The quantitative estimate of drug-likeness (QED) is 0.852. The summed E-state index contributed by atoms with van der Waals surface area (Å²) >= 11 is 0. The van der Waals surface area contributed by atoms with E-state index in [-0.39, 0.29) is 0 Å². The van der Waals surface area contributed by atoms with E-state index < -0.39 is 0 Å². The molecule has 0 radical (unpaired) electrons. The Kier molecular flexibility index (Phi) is 2.93. The third-order valence-corrected chi connectivity index (χ3v) is 4.04. The molecule has 1 aliphatic carbocycles. The van der Waals surface area contributed by atoms with Crippen molar-refractivity contribution in [2.24, 2.45) is 11.8 Å². The number of piperidine rings is 1. The van der Waals surface area contributed by atoms with Crippen molar-refractivity contribution in [1.82, 2.24) is 10.2 Å². The van der Waals surface area contributed by atoms with Gasteiger partial charge in [-0.25, -0.2) is 0 Å². The minimum atomic E-state index is 0.633. The van der Waals surface area contributed by atoms with Crippen LogP contribution in [0.25, 0.3) is 0 Å². The Morgan fingerprint density at radius 2 is 1.82 bits per heavy atom. The average Bonchev–Trinajstić information content (AvgIpc) is 2.74. The van der Waals surface area contributed by atoms with E-state index in [9.17, 15) is 0 Å². The molecule has 2 heteroatoms. The Morgan fingerprint density at radius 1 is 1.18 bits per heavy atom. The van der Waals surface area contributed by atoms with Crippen molar-refractivity contribution in [3.63, 3.8) is 0 Å². The van der Waals surface area contributed by atoms with Crippen LogP contribution in [0.5, 0.6) is 0 Å². The average molecular weight is 230 g/mol. The zero-order valence-electron chi connectivity index (χ0n) is 10.8. The molecule has 92 valence electrons. The highest BCUT2D eigenvalue weighted by atomic mass is 15.2. The van der Waals surface area contributed by atoms with Gasteiger partial charge in [0.05, 0.1) is 0 Å². The van der Waals surface area contributed by atoms with Crippen LogP contribution in [0.1, 0.15) is 19.4 Å². The van der Waals surface area contributed by atoms with Gasteiger partial charge in [-0.15, -0.1) is 0 Å². The first-order chi connectivity index (χ1) is 8.24. The summed E-state index contributed by atoms with van der Waals surface area (Å²) in [5.41, 5.74) is 1.45. The molecule has 1 saturated heterocycles. The predicted octanol–water partition coefficient (Wildman–Crippen LogP) is 2.11. The first kappa shape index (κ1) is 11.2. The number of hydrogen-bond acceptors (Lipinski definition) is 2. The summed E-state index contributed by atoms with van der Waals surface area (Å²) in [4.78, 5) is 2.60. The van der Waals surface area contributed by atoms with Crippen molar-refractivity contribution in [3.8, 4) is 0 Å². The molecule has 2 nitrogen and oxygen atoms in total. The van der Waals surface area contributed by atoms with E-state index in [4.69, 9.17) is 0 Å². The lowest BCUT2D eigenvalue weighted by Gasteiger charge is -2.20. The number of likely N-dealkylation sites (tertiary alicyclic amines) is 1. The van der Waals surface area contributed by atoms with Gasteiger partial charge in [0.25, 0.3) is 0 Å². The first-order valence-corrected chi connectivity index (χ1v) is 6.76. The molecule has 0 spiro atoms. The second-order valence-corrected chi connectivity index (χ2v) is 5.85. The van der Waals surface area contributed by atoms with Gasteiger partial charge in [0.2, 0.25) is 0 Å². The fourth-order valence-electron chi connectivity index (χ4n) is 3.22. The third kappa shape index (κ3) is 2.38. The first-order valence-electron chi connectivity index (χ1n) is 6.76. The maximum atomic E-state index is 3.68. The molecule has 1 aliphatic heterocycles. The Hall–Kier alpha value is -0.860. The predicted molar refractivity (Wildman–Crippen MR) is 70.8 cm³/mol. The molecule has 2 aliphatic rings. The lowest BCUT2D eigenvalue weighted by molar-refractivity contribution is 0.279. The number of rotatable bonds is 4. The van der Waals surface area contributed by atoms with Crippen LogP contribution in [0.15, 0.2) is 30.3 Å². The molecule has 1 N–H and O–H groups in total. The van der Waals surface area contributed by atoms with Crippen LogP contribution in [0.2, 0.25) is 0 Å². The van der Waals surface area contributed by atoms with E-state index >= 15 is 0 Å². The fourth-order valence-corrected chi connectivity index (χ4v) is 3.22. The minimum absolute atomic E-state index is 0.633. The molecule has 0 aromatic heterocycles. The lowest BCUT2D eigenvalue weighted by Crippen LogP contribution is -2.34. The van der Waals surface area contributed by atoms with Gasteiger partial charge in [0, 0.05) is 31.7 Å². The van der Waals surface area contributed by atoms with Crippen LogP contribution in [-0.4, -0.2) is 30.1 Å². The van der Waals surface area contributed by atoms with Gasteiger partial charge in [-0.1, -0.05) is 44.2 Å². The molecule has 0 amide bonds. The van der Waals surface area contributed by atoms with Crippen molar-refractivity contribution < 1.29 is 0 Å². The molecule has 0 bridgehead atoms. The molecule has 1 saturated carbocycles. The molecule has 1 heterocycles. The molecular weight excluding hydrogens is 208 g/mol. The molecule has 2 fully saturated rings. The Labute approximate surface area is 104 Å². The highest BCUT2D eigenvalue weighted by Crippen LogP contribution is 2.45. The summed E-state index contributed by atoms with van der Waals surface area (Å²) in [5, 5.41) is 3.68. The van der Waals surface area contributed by atoms with E-state index in [0.29, 0.717) is 6.04 Å². The largest absolute Gasteiger partial charge is 0.311 e. The second kappa shape index (κ2) is 4.43. The van der Waals surface area contributed by atoms with Crippen LogP contribution in [-0.2, 0) is 6.54 Å². The zero-order chi connectivity index (χ0) is 11.8.